The molecular weight excluding hydrogens is 518 g/mol. The number of nitro benzene ring substituents is 1. The highest BCUT2D eigenvalue weighted by Crippen LogP contribution is 2.40. The minimum absolute atomic E-state index is 0.00339. The molecule has 0 bridgehead atoms. The zero-order valence-electron chi connectivity index (χ0n) is 20.9. The summed E-state index contributed by atoms with van der Waals surface area (Å²) in [6.07, 6.45) is 1.88. The summed E-state index contributed by atoms with van der Waals surface area (Å²) in [7, 11) is 1.55. The predicted molar refractivity (Wildman–Crippen MR) is 149 cm³/mol. The molecule has 5 rings (SSSR count). The Labute approximate surface area is 229 Å². The van der Waals surface area contributed by atoms with Gasteiger partial charge in [0, 0.05) is 36.9 Å². The van der Waals surface area contributed by atoms with E-state index in [0.29, 0.717) is 40.2 Å². The summed E-state index contributed by atoms with van der Waals surface area (Å²) in [5.74, 6) is 1.57. The third-order valence-electron chi connectivity index (χ3n) is 6.44. The van der Waals surface area contributed by atoms with E-state index in [4.69, 9.17) is 21.4 Å². The molecule has 11 heteroatoms. The zero-order chi connectivity index (χ0) is 27.4. The van der Waals surface area contributed by atoms with Crippen molar-refractivity contribution in [3.05, 3.63) is 107 Å². The molecule has 0 aliphatic carbocycles. The second kappa shape index (κ2) is 11.3. The number of nitro groups is 1. The molecule has 10 nitrogen and oxygen atoms in total. The van der Waals surface area contributed by atoms with Gasteiger partial charge in [-0.2, -0.15) is 0 Å². The highest BCUT2D eigenvalue weighted by Gasteiger charge is 2.41. The summed E-state index contributed by atoms with van der Waals surface area (Å²) in [6.45, 7) is 0.328. The predicted octanol–water partition coefficient (Wildman–Crippen LogP) is 5.26. The third kappa shape index (κ3) is 5.58. The molecule has 198 valence electrons. The fourth-order valence-electron chi connectivity index (χ4n) is 4.55. The molecule has 1 saturated heterocycles. The number of methoxy groups -OCH3 is 1. The molecule has 2 aromatic carbocycles. The second-order valence-electron chi connectivity index (χ2n) is 8.82. The molecule has 1 amide bonds. The van der Waals surface area contributed by atoms with E-state index < -0.39 is 4.92 Å². The number of aromatic nitrogens is 1. The van der Waals surface area contributed by atoms with Gasteiger partial charge < -0.3 is 24.7 Å². The number of benzene rings is 2. The van der Waals surface area contributed by atoms with Gasteiger partial charge in [0.25, 0.3) is 5.69 Å². The van der Waals surface area contributed by atoms with Crippen LogP contribution in [-0.4, -0.2) is 39.5 Å². The molecule has 0 spiro atoms. The number of nitrogens with one attached hydrogen (secondary N) is 2. The zero-order valence-corrected chi connectivity index (χ0v) is 21.8. The lowest BCUT2D eigenvalue weighted by Gasteiger charge is -2.26. The molecule has 2 aromatic heterocycles. The minimum atomic E-state index is -0.443. The summed E-state index contributed by atoms with van der Waals surface area (Å²) >= 11 is 5.68. The van der Waals surface area contributed by atoms with E-state index in [1.165, 1.54) is 12.1 Å². The van der Waals surface area contributed by atoms with Crippen LogP contribution in [0.2, 0.25) is 0 Å². The van der Waals surface area contributed by atoms with E-state index in [2.05, 4.69) is 15.6 Å². The van der Waals surface area contributed by atoms with Crippen molar-refractivity contribution in [2.45, 2.75) is 18.5 Å². The Balaban J connectivity index is 1.39. The minimum Gasteiger partial charge on any atom is -0.495 e. The van der Waals surface area contributed by atoms with Gasteiger partial charge in [0.1, 0.15) is 23.3 Å². The number of furan rings is 1. The van der Waals surface area contributed by atoms with Gasteiger partial charge in [-0.25, -0.2) is 0 Å². The lowest BCUT2D eigenvalue weighted by atomic mass is 10.0. The number of para-hydroxylation sites is 2. The fraction of sp³-hybridized carbons (Fsp3) is 0.179. The van der Waals surface area contributed by atoms with Crippen LogP contribution >= 0.6 is 12.2 Å². The standard InChI is InChI=1S/C28H25N5O5S/c1-37-23-8-3-2-6-20(23)30-25(34)15-17-32-27(26(31-28(32)39)21-7-4-5-16-29-21)24-14-13-22(38-24)18-9-11-19(12-10-18)33(35)36/h2-14,16,26-27H,15,17H2,1H3,(H,30,34)(H,31,39)/t26-,27+/m1/s1. The van der Waals surface area contributed by atoms with Crippen LogP contribution in [0.25, 0.3) is 11.3 Å². The molecule has 0 unspecified atom stereocenters. The monoisotopic (exact) mass is 543 g/mol. The number of amides is 1. The topological polar surface area (TPSA) is 123 Å². The highest BCUT2D eigenvalue weighted by molar-refractivity contribution is 7.80. The molecule has 1 aliphatic rings. The average Bonchev–Trinajstić information content (AvgIpc) is 3.57. The Morgan fingerprint density at radius 2 is 1.90 bits per heavy atom. The number of non-ortho nitro benzene ring substituents is 1. The van der Waals surface area contributed by atoms with Gasteiger partial charge in [-0.3, -0.25) is 19.9 Å². The fourth-order valence-corrected chi connectivity index (χ4v) is 4.88. The van der Waals surface area contributed by atoms with Gasteiger partial charge >= 0.3 is 0 Å². The van der Waals surface area contributed by atoms with E-state index in [-0.39, 0.29) is 30.1 Å². The van der Waals surface area contributed by atoms with Crippen LogP contribution in [0.3, 0.4) is 0 Å². The summed E-state index contributed by atoms with van der Waals surface area (Å²) in [5.41, 5.74) is 2.08. The van der Waals surface area contributed by atoms with Gasteiger partial charge in [0.15, 0.2) is 5.11 Å². The molecule has 4 aromatic rings. The number of hydrogen-bond donors (Lipinski definition) is 2. The van der Waals surface area contributed by atoms with Crippen molar-refractivity contribution in [3.8, 4) is 17.1 Å². The van der Waals surface area contributed by atoms with E-state index in [9.17, 15) is 14.9 Å². The van der Waals surface area contributed by atoms with E-state index in [1.54, 1.807) is 37.6 Å². The number of ether oxygens (including phenoxy) is 1. The van der Waals surface area contributed by atoms with Crippen molar-refractivity contribution >= 4 is 34.6 Å². The van der Waals surface area contributed by atoms with Crippen LogP contribution in [0.1, 0.15) is 30.0 Å². The van der Waals surface area contributed by atoms with Gasteiger partial charge in [-0.1, -0.05) is 18.2 Å². The normalized spacial score (nSPS) is 16.5. The van der Waals surface area contributed by atoms with Crippen LogP contribution in [0.15, 0.2) is 89.5 Å². The second-order valence-corrected chi connectivity index (χ2v) is 9.21. The van der Waals surface area contributed by atoms with Crippen molar-refractivity contribution in [2.24, 2.45) is 0 Å². The van der Waals surface area contributed by atoms with Gasteiger partial charge in [-0.15, -0.1) is 0 Å². The van der Waals surface area contributed by atoms with E-state index >= 15 is 0 Å². The number of hydrogen-bond acceptors (Lipinski definition) is 7. The first-order valence-electron chi connectivity index (χ1n) is 12.2. The van der Waals surface area contributed by atoms with Gasteiger partial charge in [0.05, 0.1) is 29.5 Å². The Morgan fingerprint density at radius 1 is 1.13 bits per heavy atom. The smallest absolute Gasteiger partial charge is 0.269 e. The number of anilines is 1. The number of nitrogens with zero attached hydrogens (tertiary/aromatic N) is 3. The van der Waals surface area contributed by atoms with E-state index in [0.717, 1.165) is 5.69 Å². The summed E-state index contributed by atoms with van der Waals surface area (Å²) in [4.78, 5) is 29.9. The Hall–Kier alpha value is -4.77. The average molecular weight is 544 g/mol. The van der Waals surface area contributed by atoms with Crippen LogP contribution in [-0.2, 0) is 4.79 Å². The number of thiocarbonyl (C=S) groups is 1. The molecule has 3 heterocycles. The van der Waals surface area contributed by atoms with Crippen molar-refractivity contribution in [2.75, 3.05) is 19.0 Å². The lowest BCUT2D eigenvalue weighted by molar-refractivity contribution is -0.384. The maximum absolute atomic E-state index is 12.9. The molecule has 0 saturated carbocycles. The molecule has 39 heavy (non-hydrogen) atoms. The van der Waals surface area contributed by atoms with Crippen molar-refractivity contribution in [1.29, 1.82) is 0 Å². The van der Waals surface area contributed by atoms with Crippen LogP contribution < -0.4 is 15.4 Å². The number of rotatable bonds is 9. The van der Waals surface area contributed by atoms with Crippen LogP contribution in [0.4, 0.5) is 11.4 Å². The molecule has 1 fully saturated rings. The van der Waals surface area contributed by atoms with Gasteiger partial charge in [0.2, 0.25) is 5.91 Å². The molecule has 0 radical (unpaired) electrons. The van der Waals surface area contributed by atoms with Crippen LogP contribution in [0, 0.1) is 10.1 Å². The molecule has 2 N–H and O–H groups in total. The summed E-state index contributed by atoms with van der Waals surface area (Å²) in [6, 6.07) is 22.0. The number of carbonyl (C=O) groups is 1. The van der Waals surface area contributed by atoms with Crippen molar-refractivity contribution in [3.63, 3.8) is 0 Å². The lowest BCUT2D eigenvalue weighted by Crippen LogP contribution is -2.32. The summed E-state index contributed by atoms with van der Waals surface area (Å²) in [5, 5.41) is 17.7. The number of carbonyl (C=O) groups excluding carboxylic acids is 1. The Kier molecular flexibility index (Phi) is 7.50. The number of pyridine rings is 1. The molecule has 1 aliphatic heterocycles. The molecular formula is C28H25N5O5S. The van der Waals surface area contributed by atoms with Crippen molar-refractivity contribution in [1.82, 2.24) is 15.2 Å². The Morgan fingerprint density at radius 3 is 2.62 bits per heavy atom. The van der Waals surface area contributed by atoms with Crippen LogP contribution in [0.5, 0.6) is 5.75 Å². The molecule has 2 atom stereocenters. The van der Waals surface area contributed by atoms with E-state index in [1.807, 2.05) is 47.4 Å². The first-order valence-corrected chi connectivity index (χ1v) is 12.6. The largest absolute Gasteiger partial charge is 0.495 e. The van der Waals surface area contributed by atoms with Crippen molar-refractivity contribution < 1.29 is 18.9 Å². The maximum atomic E-state index is 12.9. The third-order valence-corrected chi connectivity index (χ3v) is 6.79. The van der Waals surface area contributed by atoms with Gasteiger partial charge in [-0.05, 0) is 60.7 Å². The Bertz CT molecular complexity index is 1490. The quantitative estimate of drug-likeness (QED) is 0.165. The highest BCUT2D eigenvalue weighted by atomic mass is 32.1. The first kappa shape index (κ1) is 25.9. The first-order chi connectivity index (χ1) is 18.9. The SMILES string of the molecule is COc1ccccc1NC(=O)CCN1C(=S)N[C@H](c2ccccn2)[C@@H]1c1ccc(-c2ccc([N+](=O)[O-])cc2)o1. The summed E-state index contributed by atoms with van der Waals surface area (Å²) < 4.78 is 11.6. The maximum Gasteiger partial charge on any atom is 0.269 e.